The fourth-order valence-electron chi connectivity index (χ4n) is 4.99. The molecule has 2 aromatic rings. The maximum atomic E-state index is 13.3. The zero-order chi connectivity index (χ0) is 26.4. The summed E-state index contributed by atoms with van der Waals surface area (Å²) in [5.41, 5.74) is 0.481. The van der Waals surface area contributed by atoms with Gasteiger partial charge in [0.1, 0.15) is 6.04 Å². The first-order valence-electron chi connectivity index (χ1n) is 12.6. The van der Waals surface area contributed by atoms with E-state index in [0.717, 1.165) is 36.2 Å². The number of carbonyl (C=O) groups is 3. The van der Waals surface area contributed by atoms with Gasteiger partial charge in [-0.1, -0.05) is 32.1 Å². The van der Waals surface area contributed by atoms with Crippen LogP contribution in [-0.4, -0.2) is 55.5 Å². The van der Waals surface area contributed by atoms with Gasteiger partial charge in [0, 0.05) is 24.1 Å². The van der Waals surface area contributed by atoms with Gasteiger partial charge in [0.2, 0.25) is 5.91 Å². The molecule has 200 valence electrons. The molecule has 1 aliphatic heterocycles. The number of ketones is 1. The standard InChI is InChI=1S/C25H32N4O6S2/c30-22-16-28(37(34,35)23-10-4-5-13-29(23)33)12-6-9-20(22)26-25(32)21(15-18-7-2-1-3-8-18)27-24(31)19-11-14-36-17-19/h4-5,10-11,13-14,17-18,20-21H,1-3,6-9,12,15-16H2,(H,26,32)(H,27,31)/t20?,21-/m0/s1. The van der Waals surface area contributed by atoms with Gasteiger partial charge in [-0.15, -0.1) is 0 Å². The van der Waals surface area contributed by atoms with Crippen molar-refractivity contribution in [2.75, 3.05) is 13.1 Å². The van der Waals surface area contributed by atoms with E-state index in [4.69, 9.17) is 0 Å². The highest BCUT2D eigenvalue weighted by Crippen LogP contribution is 2.28. The summed E-state index contributed by atoms with van der Waals surface area (Å²) in [5.74, 6) is -0.925. The molecule has 2 aliphatic rings. The second kappa shape index (κ2) is 12.1. The molecule has 0 radical (unpaired) electrons. The first-order chi connectivity index (χ1) is 17.8. The van der Waals surface area contributed by atoms with Gasteiger partial charge in [-0.3, -0.25) is 14.4 Å². The Morgan fingerprint density at radius 1 is 1.14 bits per heavy atom. The highest BCUT2D eigenvalue weighted by Gasteiger charge is 2.37. The SMILES string of the molecule is O=C(N[C@@H](CC1CCCCC1)C(=O)NC1CCCN(S(=O)(=O)c2cccc[n+]2[O-])CC1=O)c1ccsc1. The van der Waals surface area contributed by atoms with E-state index >= 15 is 0 Å². The van der Waals surface area contributed by atoms with Crippen molar-refractivity contribution in [1.82, 2.24) is 14.9 Å². The van der Waals surface area contributed by atoms with Crippen LogP contribution < -0.4 is 15.4 Å². The molecule has 2 atom stereocenters. The number of aromatic nitrogens is 1. The lowest BCUT2D eigenvalue weighted by Gasteiger charge is -2.27. The van der Waals surface area contributed by atoms with Crippen LogP contribution in [0.4, 0.5) is 0 Å². The number of nitrogens with one attached hydrogen (secondary N) is 2. The Morgan fingerprint density at radius 2 is 1.92 bits per heavy atom. The van der Waals surface area contributed by atoms with E-state index in [0.29, 0.717) is 24.3 Å². The van der Waals surface area contributed by atoms with E-state index in [-0.39, 0.29) is 23.6 Å². The van der Waals surface area contributed by atoms with Gasteiger partial charge in [0.15, 0.2) is 12.0 Å². The summed E-state index contributed by atoms with van der Waals surface area (Å²) in [6, 6.07) is 4.08. The molecule has 1 unspecified atom stereocenters. The van der Waals surface area contributed by atoms with Gasteiger partial charge >= 0.3 is 15.0 Å². The number of hydrogen-bond acceptors (Lipinski definition) is 7. The highest BCUT2D eigenvalue weighted by atomic mass is 32.2. The molecule has 12 heteroatoms. The molecule has 0 spiro atoms. The summed E-state index contributed by atoms with van der Waals surface area (Å²) in [6.07, 6.45) is 7.50. The number of Topliss-reactive ketones (excluding diaryl/α,β-unsaturated/α-hetero) is 1. The molecule has 2 fully saturated rings. The fourth-order valence-corrected chi connectivity index (χ4v) is 7.10. The van der Waals surface area contributed by atoms with Crippen LogP contribution in [0.2, 0.25) is 0 Å². The van der Waals surface area contributed by atoms with Crippen LogP contribution in [0.15, 0.2) is 46.2 Å². The van der Waals surface area contributed by atoms with Crippen molar-refractivity contribution < 1.29 is 27.5 Å². The first-order valence-corrected chi connectivity index (χ1v) is 15.0. The molecule has 2 N–H and O–H groups in total. The molecule has 1 aliphatic carbocycles. The number of rotatable bonds is 8. The van der Waals surface area contributed by atoms with Gasteiger partial charge in [-0.05, 0) is 42.7 Å². The van der Waals surface area contributed by atoms with E-state index in [1.807, 2.05) is 0 Å². The predicted molar refractivity (Wildman–Crippen MR) is 137 cm³/mol. The van der Waals surface area contributed by atoms with Crippen LogP contribution in [0.25, 0.3) is 0 Å². The lowest BCUT2D eigenvalue weighted by molar-refractivity contribution is -0.646. The number of hydrogen-bond donors (Lipinski definition) is 2. The normalized spacial score (nSPS) is 20.6. The van der Waals surface area contributed by atoms with Crippen LogP contribution in [0.1, 0.15) is 61.7 Å². The maximum Gasteiger partial charge on any atom is 0.323 e. The lowest BCUT2D eigenvalue weighted by Crippen LogP contribution is -2.53. The summed E-state index contributed by atoms with van der Waals surface area (Å²) < 4.78 is 27.3. The number of thiophene rings is 1. The zero-order valence-corrected chi connectivity index (χ0v) is 22.1. The largest absolute Gasteiger partial charge is 0.618 e. The van der Waals surface area contributed by atoms with Gasteiger partial charge in [-0.2, -0.15) is 20.4 Å². The van der Waals surface area contributed by atoms with Crippen LogP contribution in [0.3, 0.4) is 0 Å². The number of sulfonamides is 1. The van der Waals surface area contributed by atoms with Gasteiger partial charge in [0.05, 0.1) is 18.2 Å². The Kier molecular flexibility index (Phi) is 8.93. The quantitative estimate of drug-likeness (QED) is 0.382. The van der Waals surface area contributed by atoms with E-state index in [1.165, 1.54) is 36.0 Å². The van der Waals surface area contributed by atoms with Crippen molar-refractivity contribution in [3.63, 3.8) is 0 Å². The molecule has 4 rings (SSSR count). The van der Waals surface area contributed by atoms with Crippen LogP contribution in [0, 0.1) is 11.1 Å². The van der Waals surface area contributed by atoms with Gasteiger partial charge in [-0.25, -0.2) is 8.42 Å². The maximum absolute atomic E-state index is 13.3. The third-order valence-electron chi connectivity index (χ3n) is 7.03. The average Bonchev–Trinajstić information content (AvgIpc) is 3.36. The van der Waals surface area contributed by atoms with E-state index in [9.17, 15) is 28.0 Å². The zero-order valence-electron chi connectivity index (χ0n) is 20.5. The smallest absolute Gasteiger partial charge is 0.323 e. The Balaban J connectivity index is 1.44. The Labute approximate surface area is 220 Å². The summed E-state index contributed by atoms with van der Waals surface area (Å²) >= 11 is 1.39. The molecule has 2 amide bonds. The van der Waals surface area contributed by atoms with Crippen molar-refractivity contribution >= 4 is 39.0 Å². The molecule has 1 saturated carbocycles. The molecule has 10 nitrogen and oxygen atoms in total. The number of amides is 2. The molecule has 37 heavy (non-hydrogen) atoms. The summed E-state index contributed by atoms with van der Waals surface area (Å²) in [6.45, 7) is -0.396. The topological polar surface area (TPSA) is 140 Å². The number of nitrogens with zero attached hydrogens (tertiary/aromatic N) is 2. The minimum Gasteiger partial charge on any atom is -0.618 e. The van der Waals surface area contributed by atoms with E-state index in [1.54, 1.807) is 16.8 Å². The molecule has 2 aromatic heterocycles. The monoisotopic (exact) mass is 548 g/mol. The van der Waals surface area contributed by atoms with Crippen molar-refractivity contribution in [3.05, 3.63) is 52.0 Å². The van der Waals surface area contributed by atoms with Crippen molar-refractivity contribution in [2.45, 2.75) is 68.5 Å². The molecular weight excluding hydrogens is 516 g/mol. The minimum absolute atomic E-state index is 0.0513. The summed E-state index contributed by atoms with van der Waals surface area (Å²) in [7, 11) is -4.18. The first kappa shape index (κ1) is 27.2. The number of pyridine rings is 1. The van der Waals surface area contributed by atoms with E-state index < -0.39 is 45.4 Å². The Hall–Kier alpha value is -2.83. The van der Waals surface area contributed by atoms with Gasteiger partial charge < -0.3 is 15.8 Å². The highest BCUT2D eigenvalue weighted by molar-refractivity contribution is 7.89. The molecular formula is C25H32N4O6S2. The van der Waals surface area contributed by atoms with Crippen LogP contribution in [0.5, 0.6) is 0 Å². The molecule has 3 heterocycles. The second-order valence-corrected chi connectivity index (χ2v) is 12.3. The third-order valence-corrected chi connectivity index (χ3v) is 9.55. The van der Waals surface area contributed by atoms with E-state index in [2.05, 4.69) is 10.6 Å². The summed E-state index contributed by atoms with van der Waals surface area (Å²) in [4.78, 5) is 39.1. The summed E-state index contributed by atoms with van der Waals surface area (Å²) in [5, 5.41) is 20.7. The van der Waals surface area contributed by atoms with Crippen molar-refractivity contribution in [2.24, 2.45) is 5.92 Å². The Bertz CT molecular complexity index is 1210. The second-order valence-electron chi connectivity index (χ2n) is 9.65. The number of carbonyl (C=O) groups excluding carboxylic acids is 3. The lowest BCUT2D eigenvalue weighted by atomic mass is 9.84. The molecule has 0 aromatic carbocycles. The van der Waals surface area contributed by atoms with Crippen molar-refractivity contribution in [1.29, 1.82) is 0 Å². The average molecular weight is 549 g/mol. The van der Waals surface area contributed by atoms with Crippen LogP contribution in [-0.2, 0) is 19.6 Å². The van der Waals surface area contributed by atoms with Crippen LogP contribution >= 0.6 is 11.3 Å². The fraction of sp³-hybridized carbons (Fsp3) is 0.520. The van der Waals surface area contributed by atoms with Crippen molar-refractivity contribution in [3.8, 4) is 0 Å². The third kappa shape index (κ3) is 6.74. The predicted octanol–water partition coefficient (Wildman–Crippen LogP) is 1.99. The Morgan fingerprint density at radius 3 is 2.62 bits per heavy atom. The minimum atomic E-state index is -4.18. The molecule has 1 saturated heterocycles. The van der Waals surface area contributed by atoms with Gasteiger partial charge in [0.25, 0.3) is 5.91 Å². The molecule has 0 bridgehead atoms.